The number of nitrogens with zero attached hydrogens (tertiary/aromatic N) is 1. The number of hydrogen-bond donors (Lipinski definition) is 0. The lowest BCUT2D eigenvalue weighted by Crippen LogP contribution is -2.28. The predicted octanol–water partition coefficient (Wildman–Crippen LogP) is 4.13. The molecule has 0 aliphatic carbocycles. The molecule has 1 saturated heterocycles. The van der Waals surface area contributed by atoms with Crippen molar-refractivity contribution in [1.29, 1.82) is 0 Å². The molecule has 0 unspecified atom stereocenters. The van der Waals surface area contributed by atoms with Crippen molar-refractivity contribution >= 4 is 39.2 Å². The molecule has 0 atom stereocenters. The van der Waals surface area contributed by atoms with Crippen molar-refractivity contribution in [2.24, 2.45) is 0 Å². The van der Waals surface area contributed by atoms with E-state index >= 15 is 0 Å². The van der Waals surface area contributed by atoms with E-state index in [1.807, 2.05) is 0 Å². The lowest BCUT2D eigenvalue weighted by atomic mass is 10.2. The minimum absolute atomic E-state index is 0.0286. The van der Waals surface area contributed by atoms with Crippen LogP contribution in [0.4, 0.5) is 0 Å². The molecule has 0 N–H and O–H groups in total. The number of esters is 1. The summed E-state index contributed by atoms with van der Waals surface area (Å²) in [5, 5.41) is 0.731. The average molecular weight is 414 g/mol. The Morgan fingerprint density at radius 2 is 1.69 bits per heavy atom. The molecule has 3 rings (SSSR count). The summed E-state index contributed by atoms with van der Waals surface area (Å²) in [5.41, 5.74) is 0.792. The zero-order chi connectivity index (χ0) is 18.7. The Hall–Kier alpha value is -1.60. The third-order valence-corrected chi connectivity index (χ3v) is 6.62. The maximum absolute atomic E-state index is 12.7. The van der Waals surface area contributed by atoms with E-state index in [-0.39, 0.29) is 22.1 Å². The first-order valence-electron chi connectivity index (χ1n) is 8.09. The summed E-state index contributed by atoms with van der Waals surface area (Å²) < 4.78 is 32.0. The Morgan fingerprint density at radius 3 is 2.35 bits per heavy atom. The molecule has 2 aromatic carbocycles. The van der Waals surface area contributed by atoms with Crippen LogP contribution < -0.4 is 0 Å². The molecule has 1 fully saturated rings. The molecule has 2 aromatic rings. The number of rotatable bonds is 5. The highest BCUT2D eigenvalue weighted by Crippen LogP contribution is 2.26. The minimum Gasteiger partial charge on any atom is -0.457 e. The van der Waals surface area contributed by atoms with Crippen LogP contribution in [-0.2, 0) is 21.4 Å². The molecule has 1 heterocycles. The van der Waals surface area contributed by atoms with Gasteiger partial charge < -0.3 is 4.74 Å². The van der Waals surface area contributed by atoms with E-state index in [1.165, 1.54) is 22.5 Å². The zero-order valence-corrected chi connectivity index (χ0v) is 16.1. The van der Waals surface area contributed by atoms with Gasteiger partial charge in [-0.25, -0.2) is 13.2 Å². The number of carbonyl (C=O) groups is 1. The van der Waals surface area contributed by atoms with Gasteiger partial charge in [-0.1, -0.05) is 35.3 Å². The van der Waals surface area contributed by atoms with Gasteiger partial charge in [0.05, 0.1) is 15.5 Å². The fourth-order valence-electron chi connectivity index (χ4n) is 2.71. The van der Waals surface area contributed by atoms with Crippen LogP contribution in [0.15, 0.2) is 47.4 Å². The molecule has 0 bridgehead atoms. The van der Waals surface area contributed by atoms with Crippen LogP contribution in [0.25, 0.3) is 0 Å². The maximum Gasteiger partial charge on any atom is 0.340 e. The predicted molar refractivity (Wildman–Crippen MR) is 100 cm³/mol. The van der Waals surface area contributed by atoms with E-state index in [1.54, 1.807) is 24.3 Å². The third-order valence-electron chi connectivity index (χ3n) is 4.14. The first-order chi connectivity index (χ1) is 12.4. The van der Waals surface area contributed by atoms with Gasteiger partial charge in [-0.15, -0.1) is 0 Å². The summed E-state index contributed by atoms with van der Waals surface area (Å²) in [6, 6.07) is 11.0. The van der Waals surface area contributed by atoms with E-state index < -0.39 is 16.0 Å². The Labute approximate surface area is 162 Å². The normalized spacial score (nSPS) is 15.2. The van der Waals surface area contributed by atoms with Crippen molar-refractivity contribution in [3.05, 3.63) is 63.6 Å². The minimum atomic E-state index is -3.63. The fraction of sp³-hybridized carbons (Fsp3) is 0.278. The second-order valence-corrected chi connectivity index (χ2v) is 8.74. The Kier molecular flexibility index (Phi) is 5.87. The quantitative estimate of drug-likeness (QED) is 0.690. The summed E-state index contributed by atoms with van der Waals surface area (Å²) in [6.07, 6.45) is 1.67. The summed E-state index contributed by atoms with van der Waals surface area (Å²) in [4.78, 5) is 12.4. The number of sulfonamides is 1. The largest absolute Gasteiger partial charge is 0.457 e. The topological polar surface area (TPSA) is 63.7 Å². The van der Waals surface area contributed by atoms with Crippen molar-refractivity contribution < 1.29 is 17.9 Å². The van der Waals surface area contributed by atoms with Crippen molar-refractivity contribution in [2.75, 3.05) is 13.1 Å². The standard InChI is InChI=1S/C18H17Cl2NO4S/c19-14-5-3-13(4-6-14)12-25-18(22)16-11-15(7-8-17(16)20)26(23,24)21-9-1-2-10-21/h3-8,11H,1-2,9-10,12H2. The maximum atomic E-state index is 12.7. The Morgan fingerprint density at radius 1 is 1.04 bits per heavy atom. The van der Waals surface area contributed by atoms with Gasteiger partial charge in [-0.2, -0.15) is 4.31 Å². The molecular formula is C18H17Cl2NO4S. The smallest absolute Gasteiger partial charge is 0.340 e. The molecule has 1 aliphatic heterocycles. The molecule has 0 saturated carbocycles. The highest BCUT2D eigenvalue weighted by atomic mass is 35.5. The zero-order valence-electron chi connectivity index (χ0n) is 13.8. The van der Waals surface area contributed by atoms with Crippen LogP contribution in [0.1, 0.15) is 28.8 Å². The highest BCUT2D eigenvalue weighted by molar-refractivity contribution is 7.89. The number of halogens is 2. The molecule has 5 nitrogen and oxygen atoms in total. The summed E-state index contributed by atoms with van der Waals surface area (Å²) in [5.74, 6) is -0.677. The van der Waals surface area contributed by atoms with Crippen molar-refractivity contribution in [3.63, 3.8) is 0 Å². The second-order valence-electron chi connectivity index (χ2n) is 5.96. The summed E-state index contributed by atoms with van der Waals surface area (Å²) in [6.45, 7) is 1.01. The molecular weight excluding hydrogens is 397 g/mol. The number of ether oxygens (including phenoxy) is 1. The van der Waals surface area contributed by atoms with Crippen LogP contribution in [0, 0.1) is 0 Å². The molecule has 0 spiro atoms. The fourth-order valence-corrected chi connectivity index (χ4v) is 4.57. The molecule has 138 valence electrons. The van der Waals surface area contributed by atoms with E-state index in [2.05, 4.69) is 0 Å². The van der Waals surface area contributed by atoms with Gasteiger partial charge >= 0.3 is 5.97 Å². The Bertz CT molecular complexity index is 907. The molecule has 0 aromatic heterocycles. The van der Waals surface area contributed by atoms with Gasteiger partial charge in [0.1, 0.15) is 6.61 Å². The van der Waals surface area contributed by atoms with Crippen molar-refractivity contribution in [3.8, 4) is 0 Å². The van der Waals surface area contributed by atoms with Crippen molar-refractivity contribution in [1.82, 2.24) is 4.31 Å². The number of carbonyl (C=O) groups excluding carboxylic acids is 1. The third kappa shape index (κ3) is 4.20. The van der Waals surface area contributed by atoms with Crippen LogP contribution in [0.3, 0.4) is 0 Å². The molecule has 1 aliphatic rings. The second kappa shape index (κ2) is 7.96. The van der Waals surface area contributed by atoms with E-state index in [0.29, 0.717) is 18.1 Å². The van der Waals surface area contributed by atoms with Crippen LogP contribution in [0.2, 0.25) is 10.0 Å². The number of benzene rings is 2. The van der Waals surface area contributed by atoms with Gasteiger partial charge in [0, 0.05) is 18.1 Å². The van der Waals surface area contributed by atoms with Crippen molar-refractivity contribution in [2.45, 2.75) is 24.3 Å². The first-order valence-corrected chi connectivity index (χ1v) is 10.3. The SMILES string of the molecule is O=C(OCc1ccc(Cl)cc1)c1cc(S(=O)(=O)N2CCCC2)ccc1Cl. The van der Waals surface area contributed by atoms with Gasteiger partial charge in [0.2, 0.25) is 10.0 Å². The lowest BCUT2D eigenvalue weighted by Gasteiger charge is -2.16. The molecule has 0 amide bonds. The lowest BCUT2D eigenvalue weighted by molar-refractivity contribution is 0.0472. The average Bonchev–Trinajstić information content (AvgIpc) is 3.17. The van der Waals surface area contributed by atoms with Crippen LogP contribution in [-0.4, -0.2) is 31.8 Å². The van der Waals surface area contributed by atoms with Gasteiger partial charge in [0.15, 0.2) is 0 Å². The number of hydrogen-bond acceptors (Lipinski definition) is 4. The van der Waals surface area contributed by atoms with E-state index in [9.17, 15) is 13.2 Å². The molecule has 8 heteroatoms. The first kappa shape index (κ1) is 19.2. The van der Waals surface area contributed by atoms with Crippen LogP contribution >= 0.6 is 23.2 Å². The Balaban J connectivity index is 1.78. The monoisotopic (exact) mass is 413 g/mol. The summed E-state index contributed by atoms with van der Waals surface area (Å²) >= 11 is 11.9. The van der Waals surface area contributed by atoms with Crippen LogP contribution in [0.5, 0.6) is 0 Å². The summed E-state index contributed by atoms with van der Waals surface area (Å²) in [7, 11) is -3.63. The van der Waals surface area contributed by atoms with Gasteiger partial charge in [-0.05, 0) is 48.7 Å². The molecule has 26 heavy (non-hydrogen) atoms. The molecule has 0 radical (unpaired) electrons. The van der Waals surface area contributed by atoms with E-state index in [0.717, 1.165) is 18.4 Å². The van der Waals surface area contributed by atoms with E-state index in [4.69, 9.17) is 27.9 Å². The van der Waals surface area contributed by atoms with Gasteiger partial charge in [-0.3, -0.25) is 0 Å². The van der Waals surface area contributed by atoms with Gasteiger partial charge in [0.25, 0.3) is 0 Å². The highest BCUT2D eigenvalue weighted by Gasteiger charge is 2.28.